The van der Waals surface area contributed by atoms with Gasteiger partial charge in [-0.15, -0.1) is 0 Å². The number of rotatable bonds is 3. The predicted octanol–water partition coefficient (Wildman–Crippen LogP) is 2.45. The minimum Gasteiger partial charge on any atom is -0.328 e. The van der Waals surface area contributed by atoms with E-state index >= 15 is 0 Å². The van der Waals surface area contributed by atoms with Crippen LogP contribution in [0, 0.1) is 6.92 Å². The fourth-order valence-electron chi connectivity index (χ4n) is 1.48. The van der Waals surface area contributed by atoms with Crippen molar-refractivity contribution in [1.82, 2.24) is 9.78 Å². The summed E-state index contributed by atoms with van der Waals surface area (Å²) in [6, 6.07) is 2.15. The van der Waals surface area contributed by atoms with Gasteiger partial charge in [-0.3, -0.25) is 4.68 Å². The highest BCUT2D eigenvalue weighted by atomic mass is 35.5. The van der Waals surface area contributed by atoms with E-state index in [0.29, 0.717) is 11.6 Å². The van der Waals surface area contributed by atoms with Crippen LogP contribution in [0.1, 0.15) is 17.3 Å². The second kappa shape index (κ2) is 4.35. The van der Waals surface area contributed by atoms with Gasteiger partial charge in [0.05, 0.1) is 16.8 Å². The molecule has 0 aromatic carbocycles. The summed E-state index contributed by atoms with van der Waals surface area (Å²) >= 11 is 7.63. The highest BCUT2D eigenvalue weighted by Gasteiger charge is 2.14. The molecule has 2 N–H and O–H groups in total. The second-order valence-electron chi connectivity index (χ2n) is 3.35. The van der Waals surface area contributed by atoms with Crippen LogP contribution in [0.15, 0.2) is 23.0 Å². The lowest BCUT2D eigenvalue weighted by Crippen LogP contribution is -2.20. The molecule has 2 aromatic heterocycles. The third kappa shape index (κ3) is 2.07. The third-order valence-corrected chi connectivity index (χ3v) is 3.40. The summed E-state index contributed by atoms with van der Waals surface area (Å²) in [4.78, 5) is 0. The molecule has 0 aliphatic heterocycles. The summed E-state index contributed by atoms with van der Waals surface area (Å²) < 4.78 is 1.83. The average molecular weight is 242 g/mol. The van der Waals surface area contributed by atoms with Crippen molar-refractivity contribution >= 4 is 22.9 Å². The maximum absolute atomic E-state index is 5.97. The maximum Gasteiger partial charge on any atom is 0.0899 e. The van der Waals surface area contributed by atoms with Crippen molar-refractivity contribution in [3.63, 3.8) is 0 Å². The zero-order chi connectivity index (χ0) is 10.8. The van der Waals surface area contributed by atoms with E-state index in [0.717, 1.165) is 5.69 Å². The Kier molecular flexibility index (Phi) is 3.09. The van der Waals surface area contributed by atoms with E-state index in [1.807, 2.05) is 23.2 Å². The lowest BCUT2D eigenvalue weighted by Gasteiger charge is -2.13. The molecule has 0 aliphatic carbocycles. The van der Waals surface area contributed by atoms with Gasteiger partial charge in [0.2, 0.25) is 0 Å². The standard InChI is InChI=1S/C10H12ClN3S/c1-7-9(11)5-14(13-7)10(4-12)8-2-3-15-6-8/h2-3,5-6,10H,4,12H2,1H3. The number of halogens is 1. The lowest BCUT2D eigenvalue weighted by atomic mass is 10.1. The molecule has 0 amide bonds. The molecule has 0 saturated carbocycles. The molecule has 5 heteroatoms. The van der Waals surface area contributed by atoms with Crippen molar-refractivity contribution in [2.24, 2.45) is 5.73 Å². The van der Waals surface area contributed by atoms with E-state index in [-0.39, 0.29) is 6.04 Å². The summed E-state index contributed by atoms with van der Waals surface area (Å²) in [7, 11) is 0. The van der Waals surface area contributed by atoms with Gasteiger partial charge >= 0.3 is 0 Å². The number of nitrogens with zero attached hydrogens (tertiary/aromatic N) is 2. The molecule has 80 valence electrons. The van der Waals surface area contributed by atoms with Gasteiger partial charge in [0.1, 0.15) is 0 Å². The first-order valence-electron chi connectivity index (χ1n) is 4.65. The van der Waals surface area contributed by atoms with Crippen LogP contribution in [-0.2, 0) is 0 Å². The van der Waals surface area contributed by atoms with E-state index < -0.39 is 0 Å². The Hall–Kier alpha value is -0.840. The molecule has 0 saturated heterocycles. The third-order valence-electron chi connectivity index (χ3n) is 2.33. The number of thiophene rings is 1. The van der Waals surface area contributed by atoms with E-state index in [1.165, 1.54) is 5.56 Å². The van der Waals surface area contributed by atoms with E-state index in [2.05, 4.69) is 16.5 Å². The van der Waals surface area contributed by atoms with E-state index in [9.17, 15) is 0 Å². The molecule has 0 radical (unpaired) electrons. The minimum atomic E-state index is 0.0856. The van der Waals surface area contributed by atoms with Crippen molar-refractivity contribution in [1.29, 1.82) is 0 Å². The topological polar surface area (TPSA) is 43.8 Å². The van der Waals surface area contributed by atoms with Gasteiger partial charge in [-0.05, 0) is 29.3 Å². The molecule has 0 aliphatic rings. The van der Waals surface area contributed by atoms with Gasteiger partial charge in [0.25, 0.3) is 0 Å². The SMILES string of the molecule is Cc1nn(C(CN)c2ccsc2)cc1Cl. The Balaban J connectivity index is 2.35. The molecule has 2 heterocycles. The summed E-state index contributed by atoms with van der Waals surface area (Å²) in [5.41, 5.74) is 7.78. The van der Waals surface area contributed by atoms with E-state index in [1.54, 1.807) is 11.3 Å². The maximum atomic E-state index is 5.97. The molecule has 0 fully saturated rings. The van der Waals surface area contributed by atoms with Crippen LogP contribution in [-0.4, -0.2) is 16.3 Å². The molecular weight excluding hydrogens is 230 g/mol. The zero-order valence-electron chi connectivity index (χ0n) is 8.35. The number of hydrogen-bond donors (Lipinski definition) is 1. The first-order valence-corrected chi connectivity index (χ1v) is 5.98. The van der Waals surface area contributed by atoms with Gasteiger partial charge in [-0.1, -0.05) is 11.6 Å². The van der Waals surface area contributed by atoms with Gasteiger partial charge in [-0.25, -0.2) is 0 Å². The molecule has 1 unspecified atom stereocenters. The van der Waals surface area contributed by atoms with Crippen molar-refractivity contribution in [2.45, 2.75) is 13.0 Å². The van der Waals surface area contributed by atoms with Crippen molar-refractivity contribution in [3.05, 3.63) is 39.3 Å². The van der Waals surface area contributed by atoms with Crippen LogP contribution in [0.25, 0.3) is 0 Å². The zero-order valence-corrected chi connectivity index (χ0v) is 9.92. The fourth-order valence-corrected chi connectivity index (χ4v) is 2.33. The quantitative estimate of drug-likeness (QED) is 0.897. The summed E-state index contributed by atoms with van der Waals surface area (Å²) in [6.45, 7) is 2.41. The number of aromatic nitrogens is 2. The smallest absolute Gasteiger partial charge is 0.0899 e. The van der Waals surface area contributed by atoms with Crippen LogP contribution >= 0.6 is 22.9 Å². The van der Waals surface area contributed by atoms with Crippen LogP contribution in [0.2, 0.25) is 5.02 Å². The summed E-state index contributed by atoms with van der Waals surface area (Å²) in [6.07, 6.45) is 1.83. The number of aryl methyl sites for hydroxylation is 1. The minimum absolute atomic E-state index is 0.0856. The molecule has 2 rings (SSSR count). The van der Waals surface area contributed by atoms with Gasteiger partial charge in [0.15, 0.2) is 0 Å². The Morgan fingerprint density at radius 3 is 2.93 bits per heavy atom. The van der Waals surface area contributed by atoms with Crippen LogP contribution in [0.4, 0.5) is 0 Å². The largest absolute Gasteiger partial charge is 0.328 e. The van der Waals surface area contributed by atoms with Crippen LogP contribution in [0.5, 0.6) is 0 Å². The fraction of sp³-hybridized carbons (Fsp3) is 0.300. The average Bonchev–Trinajstić information content (AvgIpc) is 2.80. The van der Waals surface area contributed by atoms with Gasteiger partial charge in [0, 0.05) is 12.7 Å². The molecule has 0 spiro atoms. The Morgan fingerprint density at radius 1 is 1.67 bits per heavy atom. The Labute approximate surface area is 97.5 Å². The van der Waals surface area contributed by atoms with Crippen molar-refractivity contribution < 1.29 is 0 Å². The molecule has 2 aromatic rings. The van der Waals surface area contributed by atoms with Crippen LogP contribution < -0.4 is 5.73 Å². The van der Waals surface area contributed by atoms with Crippen LogP contribution in [0.3, 0.4) is 0 Å². The Bertz CT molecular complexity index is 416. The second-order valence-corrected chi connectivity index (χ2v) is 4.54. The molecule has 3 nitrogen and oxygen atoms in total. The summed E-state index contributed by atoms with van der Waals surface area (Å²) in [5.74, 6) is 0. The number of hydrogen-bond acceptors (Lipinski definition) is 3. The van der Waals surface area contributed by atoms with Gasteiger partial charge < -0.3 is 5.73 Å². The Morgan fingerprint density at radius 2 is 2.47 bits per heavy atom. The highest BCUT2D eigenvalue weighted by molar-refractivity contribution is 7.07. The highest BCUT2D eigenvalue weighted by Crippen LogP contribution is 2.22. The lowest BCUT2D eigenvalue weighted by molar-refractivity contribution is 0.530. The van der Waals surface area contributed by atoms with Gasteiger partial charge in [-0.2, -0.15) is 16.4 Å². The first kappa shape index (κ1) is 10.7. The molecule has 0 bridgehead atoms. The monoisotopic (exact) mass is 241 g/mol. The number of nitrogens with two attached hydrogens (primary N) is 1. The molecule has 15 heavy (non-hydrogen) atoms. The van der Waals surface area contributed by atoms with E-state index in [4.69, 9.17) is 17.3 Å². The normalized spacial score (nSPS) is 13.0. The van der Waals surface area contributed by atoms with Crippen molar-refractivity contribution in [3.8, 4) is 0 Å². The summed E-state index contributed by atoms with van der Waals surface area (Å²) in [5, 5.41) is 9.15. The molecular formula is C10H12ClN3S. The van der Waals surface area contributed by atoms with Crippen molar-refractivity contribution in [2.75, 3.05) is 6.54 Å². The molecule has 1 atom stereocenters. The first-order chi connectivity index (χ1) is 7.22. The predicted molar refractivity (Wildman–Crippen MR) is 63.5 cm³/mol.